The summed E-state index contributed by atoms with van der Waals surface area (Å²) in [5.74, 6) is 0. The Balaban J connectivity index is 2.18. The zero-order valence-corrected chi connectivity index (χ0v) is 13.7. The van der Waals surface area contributed by atoms with E-state index in [1.807, 2.05) is 6.07 Å². The highest BCUT2D eigenvalue weighted by molar-refractivity contribution is 7.89. The summed E-state index contributed by atoms with van der Waals surface area (Å²) in [5.41, 5.74) is 0.970. The summed E-state index contributed by atoms with van der Waals surface area (Å²) >= 11 is 0. The number of anilines is 1. The van der Waals surface area contributed by atoms with Gasteiger partial charge in [0.2, 0.25) is 10.0 Å². The van der Waals surface area contributed by atoms with Gasteiger partial charge in [-0.2, -0.15) is 5.26 Å². The molecule has 1 aliphatic rings. The molecule has 7 heteroatoms. The molecule has 120 valence electrons. The van der Waals surface area contributed by atoms with Crippen LogP contribution in [0.25, 0.3) is 0 Å². The van der Waals surface area contributed by atoms with Crippen LogP contribution in [0.1, 0.15) is 31.2 Å². The van der Waals surface area contributed by atoms with E-state index in [4.69, 9.17) is 5.14 Å². The third-order valence-electron chi connectivity index (χ3n) is 4.18. The smallest absolute Gasteiger partial charge is 0.238 e. The minimum atomic E-state index is -3.79. The summed E-state index contributed by atoms with van der Waals surface area (Å²) in [6.07, 6.45) is 4.37. The number of rotatable bonds is 4. The average molecular weight is 322 g/mol. The lowest BCUT2D eigenvalue weighted by Crippen LogP contribution is -2.38. The molecule has 22 heavy (non-hydrogen) atoms. The van der Waals surface area contributed by atoms with Gasteiger partial charge in [0.05, 0.1) is 16.1 Å². The quantitative estimate of drug-likeness (QED) is 0.875. The predicted molar refractivity (Wildman–Crippen MR) is 85.9 cm³/mol. The third-order valence-corrected chi connectivity index (χ3v) is 5.09. The summed E-state index contributed by atoms with van der Waals surface area (Å²) < 4.78 is 22.7. The van der Waals surface area contributed by atoms with Crippen molar-refractivity contribution in [3.63, 3.8) is 0 Å². The molecule has 0 heterocycles. The van der Waals surface area contributed by atoms with Crippen molar-refractivity contribution in [2.45, 2.75) is 42.7 Å². The fraction of sp³-hybridized carbons (Fsp3) is 0.533. The molecule has 2 rings (SSSR count). The maximum absolute atomic E-state index is 11.4. The molecule has 0 amide bonds. The van der Waals surface area contributed by atoms with Crippen LogP contribution in [0.15, 0.2) is 23.1 Å². The van der Waals surface area contributed by atoms with E-state index >= 15 is 0 Å². The highest BCUT2D eigenvalue weighted by atomic mass is 32.2. The van der Waals surface area contributed by atoms with Crippen molar-refractivity contribution in [2.24, 2.45) is 5.14 Å². The molecule has 1 aromatic rings. The Morgan fingerprint density at radius 2 is 2.09 bits per heavy atom. The Morgan fingerprint density at radius 3 is 2.68 bits per heavy atom. The monoisotopic (exact) mass is 322 g/mol. The van der Waals surface area contributed by atoms with Gasteiger partial charge in [-0.05, 0) is 58.0 Å². The molecule has 0 saturated heterocycles. The number of primary sulfonamides is 1. The Labute approximate surface area is 132 Å². The zero-order valence-electron chi connectivity index (χ0n) is 12.9. The molecule has 1 aliphatic carbocycles. The molecule has 6 nitrogen and oxygen atoms in total. The second kappa shape index (κ2) is 6.65. The van der Waals surface area contributed by atoms with Crippen LogP contribution in [0.5, 0.6) is 0 Å². The van der Waals surface area contributed by atoms with E-state index in [9.17, 15) is 13.7 Å². The van der Waals surface area contributed by atoms with Crippen molar-refractivity contribution in [3.8, 4) is 6.07 Å². The Morgan fingerprint density at radius 1 is 1.36 bits per heavy atom. The fourth-order valence-corrected chi connectivity index (χ4v) is 3.44. The molecule has 0 aromatic heterocycles. The number of nitrogens with zero attached hydrogens (tertiary/aromatic N) is 2. The summed E-state index contributed by atoms with van der Waals surface area (Å²) in [6.45, 7) is 0. The van der Waals surface area contributed by atoms with Crippen LogP contribution in [0.4, 0.5) is 5.69 Å². The number of nitriles is 1. The van der Waals surface area contributed by atoms with E-state index in [1.165, 1.54) is 18.6 Å². The maximum Gasteiger partial charge on any atom is 0.238 e. The van der Waals surface area contributed by atoms with E-state index in [1.54, 1.807) is 6.07 Å². The van der Waals surface area contributed by atoms with Crippen LogP contribution in [0.3, 0.4) is 0 Å². The minimum absolute atomic E-state index is 0.0376. The van der Waals surface area contributed by atoms with E-state index in [-0.39, 0.29) is 10.9 Å². The molecule has 0 bridgehead atoms. The first-order valence-electron chi connectivity index (χ1n) is 7.31. The molecule has 0 spiro atoms. The molecular formula is C15H22N4O2S. The second-order valence-corrected chi connectivity index (χ2v) is 7.55. The van der Waals surface area contributed by atoms with E-state index < -0.39 is 10.0 Å². The van der Waals surface area contributed by atoms with Gasteiger partial charge in [-0.3, -0.25) is 0 Å². The van der Waals surface area contributed by atoms with Gasteiger partial charge in [-0.25, -0.2) is 13.6 Å². The van der Waals surface area contributed by atoms with Crippen LogP contribution >= 0.6 is 0 Å². The number of hydrogen-bond donors (Lipinski definition) is 2. The van der Waals surface area contributed by atoms with Crippen LogP contribution < -0.4 is 10.5 Å². The number of hydrogen-bond acceptors (Lipinski definition) is 5. The van der Waals surface area contributed by atoms with E-state index in [2.05, 4.69) is 24.3 Å². The van der Waals surface area contributed by atoms with E-state index in [0.717, 1.165) is 19.3 Å². The Kier molecular flexibility index (Phi) is 5.06. The molecule has 0 radical (unpaired) electrons. The lowest BCUT2D eigenvalue weighted by molar-refractivity contribution is 0.219. The molecule has 1 fully saturated rings. The van der Waals surface area contributed by atoms with Crippen molar-refractivity contribution < 1.29 is 8.42 Å². The predicted octanol–water partition coefficient (Wildman–Crippen LogP) is 1.49. The first-order chi connectivity index (χ1) is 10.3. The standard InChI is InChI=1S/C15H22N4O2S/c1-19(2)13-5-3-4-12(9-13)18-15-7-6-14(22(17,20)21)8-11(15)10-16/h6-8,12-13,18H,3-5,9H2,1-2H3,(H2,17,20,21)/t12-,13-/m0/s1. The lowest BCUT2D eigenvalue weighted by Gasteiger charge is -2.34. The fourth-order valence-electron chi connectivity index (χ4n) is 2.90. The minimum Gasteiger partial charge on any atom is -0.381 e. The van der Waals surface area contributed by atoms with Crippen molar-refractivity contribution in [2.75, 3.05) is 19.4 Å². The van der Waals surface area contributed by atoms with Gasteiger partial charge >= 0.3 is 0 Å². The van der Waals surface area contributed by atoms with Gasteiger partial charge in [-0.1, -0.05) is 0 Å². The average Bonchev–Trinajstić information content (AvgIpc) is 2.46. The van der Waals surface area contributed by atoms with Gasteiger partial charge in [0.25, 0.3) is 0 Å². The lowest BCUT2D eigenvalue weighted by atomic mass is 9.90. The summed E-state index contributed by atoms with van der Waals surface area (Å²) in [5, 5.41) is 17.7. The summed E-state index contributed by atoms with van der Waals surface area (Å²) in [6, 6.07) is 7.23. The number of benzene rings is 1. The van der Waals surface area contributed by atoms with Crippen LogP contribution in [0, 0.1) is 11.3 Å². The van der Waals surface area contributed by atoms with Crippen LogP contribution in [0.2, 0.25) is 0 Å². The highest BCUT2D eigenvalue weighted by Crippen LogP contribution is 2.27. The maximum atomic E-state index is 11.4. The molecule has 2 atom stereocenters. The second-order valence-electron chi connectivity index (χ2n) is 5.99. The number of nitrogens with one attached hydrogen (secondary N) is 1. The van der Waals surface area contributed by atoms with Gasteiger partial charge in [0.1, 0.15) is 6.07 Å². The first-order valence-corrected chi connectivity index (χ1v) is 8.86. The van der Waals surface area contributed by atoms with Gasteiger partial charge in [0, 0.05) is 12.1 Å². The first kappa shape index (κ1) is 16.7. The van der Waals surface area contributed by atoms with Crippen LogP contribution in [-0.4, -0.2) is 39.5 Å². The van der Waals surface area contributed by atoms with E-state index in [0.29, 0.717) is 17.3 Å². The SMILES string of the molecule is CN(C)[C@H]1CCC[C@H](Nc2ccc(S(N)(=O)=O)cc2C#N)C1. The van der Waals surface area contributed by atoms with Crippen molar-refractivity contribution in [1.82, 2.24) is 4.90 Å². The van der Waals surface area contributed by atoms with Gasteiger partial charge in [0.15, 0.2) is 0 Å². The summed E-state index contributed by atoms with van der Waals surface area (Å²) in [7, 11) is 0.365. The van der Waals surface area contributed by atoms with Crippen LogP contribution in [-0.2, 0) is 10.0 Å². The van der Waals surface area contributed by atoms with Gasteiger partial charge < -0.3 is 10.2 Å². The summed E-state index contributed by atoms with van der Waals surface area (Å²) in [4.78, 5) is 2.19. The Bertz CT molecular complexity index is 679. The largest absolute Gasteiger partial charge is 0.381 e. The molecule has 1 saturated carbocycles. The molecule has 0 unspecified atom stereocenters. The van der Waals surface area contributed by atoms with Crippen molar-refractivity contribution >= 4 is 15.7 Å². The molecule has 0 aliphatic heterocycles. The Hall–Kier alpha value is -1.62. The zero-order chi connectivity index (χ0) is 16.3. The number of nitrogens with two attached hydrogens (primary N) is 1. The van der Waals surface area contributed by atoms with Gasteiger partial charge in [-0.15, -0.1) is 0 Å². The molecular weight excluding hydrogens is 300 g/mol. The highest BCUT2D eigenvalue weighted by Gasteiger charge is 2.24. The third kappa shape index (κ3) is 3.97. The molecule has 1 aromatic carbocycles. The molecule has 3 N–H and O–H groups in total. The number of sulfonamides is 1. The van der Waals surface area contributed by atoms with Crippen molar-refractivity contribution in [1.29, 1.82) is 5.26 Å². The normalized spacial score (nSPS) is 22.3. The van der Waals surface area contributed by atoms with Crippen molar-refractivity contribution in [3.05, 3.63) is 23.8 Å². The topological polar surface area (TPSA) is 99.2 Å².